The van der Waals surface area contributed by atoms with Crippen LogP contribution in [0, 0.1) is 0 Å². The molecule has 1 heterocycles. The van der Waals surface area contributed by atoms with Crippen LogP contribution in [0.15, 0.2) is 24.5 Å². The Morgan fingerprint density at radius 2 is 2.06 bits per heavy atom. The van der Waals surface area contributed by atoms with E-state index in [0.717, 1.165) is 5.56 Å². The first-order chi connectivity index (χ1) is 8.29. The molecule has 100 valence electrons. The summed E-state index contributed by atoms with van der Waals surface area (Å²) in [7, 11) is 1.66. The second kappa shape index (κ2) is 5.82. The highest BCUT2D eigenvalue weighted by Gasteiger charge is 2.20. The van der Waals surface area contributed by atoms with E-state index in [9.17, 15) is 9.90 Å². The second-order valence-electron chi connectivity index (χ2n) is 5.12. The summed E-state index contributed by atoms with van der Waals surface area (Å²) >= 11 is 0. The average Bonchev–Trinajstić information content (AvgIpc) is 2.27. The normalized spacial score (nSPS) is 12.9. The standard InChI is InChI=1S/C13H21N3O2/c1-10(11-5-7-14-8-6-11)15-12(17)16(4)9-13(2,3)18/h5-8,10,18H,9H2,1-4H3,(H,15,17). The van der Waals surface area contributed by atoms with Gasteiger partial charge in [-0.15, -0.1) is 0 Å². The Labute approximate surface area is 108 Å². The number of aliphatic hydroxyl groups is 1. The number of carbonyl (C=O) groups excluding carboxylic acids is 1. The number of likely N-dealkylation sites (N-methyl/N-ethyl adjacent to an activating group) is 1. The van der Waals surface area contributed by atoms with Gasteiger partial charge < -0.3 is 15.3 Å². The van der Waals surface area contributed by atoms with E-state index < -0.39 is 5.60 Å². The first-order valence-corrected chi connectivity index (χ1v) is 5.93. The number of aromatic nitrogens is 1. The molecule has 5 heteroatoms. The van der Waals surface area contributed by atoms with E-state index in [1.54, 1.807) is 33.3 Å². The zero-order valence-corrected chi connectivity index (χ0v) is 11.3. The van der Waals surface area contributed by atoms with Gasteiger partial charge in [0.2, 0.25) is 0 Å². The number of rotatable bonds is 4. The number of hydrogen-bond donors (Lipinski definition) is 2. The fourth-order valence-electron chi connectivity index (χ4n) is 1.68. The van der Waals surface area contributed by atoms with Crippen molar-refractivity contribution in [1.29, 1.82) is 0 Å². The van der Waals surface area contributed by atoms with Crippen LogP contribution in [0.3, 0.4) is 0 Å². The van der Waals surface area contributed by atoms with E-state index in [1.165, 1.54) is 4.90 Å². The molecule has 1 unspecified atom stereocenters. The molecule has 0 spiro atoms. The Morgan fingerprint density at radius 1 is 1.50 bits per heavy atom. The van der Waals surface area contributed by atoms with Crippen molar-refractivity contribution in [1.82, 2.24) is 15.2 Å². The molecule has 0 saturated carbocycles. The zero-order valence-electron chi connectivity index (χ0n) is 11.3. The maximum absolute atomic E-state index is 11.9. The monoisotopic (exact) mass is 251 g/mol. The molecular formula is C13H21N3O2. The van der Waals surface area contributed by atoms with Gasteiger partial charge in [0.15, 0.2) is 0 Å². The highest BCUT2D eigenvalue weighted by molar-refractivity contribution is 5.74. The van der Waals surface area contributed by atoms with Crippen molar-refractivity contribution in [3.63, 3.8) is 0 Å². The molecule has 1 aromatic rings. The fraction of sp³-hybridized carbons (Fsp3) is 0.538. The highest BCUT2D eigenvalue weighted by atomic mass is 16.3. The smallest absolute Gasteiger partial charge is 0.317 e. The minimum atomic E-state index is -0.897. The highest BCUT2D eigenvalue weighted by Crippen LogP contribution is 2.11. The molecule has 0 radical (unpaired) electrons. The molecule has 1 rings (SSSR count). The van der Waals surface area contributed by atoms with Crippen molar-refractivity contribution in [3.8, 4) is 0 Å². The van der Waals surface area contributed by atoms with Gasteiger partial charge in [-0.1, -0.05) is 0 Å². The fourth-order valence-corrected chi connectivity index (χ4v) is 1.68. The molecule has 0 aliphatic rings. The number of amides is 2. The zero-order chi connectivity index (χ0) is 13.8. The molecule has 18 heavy (non-hydrogen) atoms. The van der Waals surface area contributed by atoms with Gasteiger partial charge in [-0.2, -0.15) is 0 Å². The number of urea groups is 1. The number of nitrogens with one attached hydrogen (secondary N) is 1. The van der Waals surface area contributed by atoms with Crippen LogP contribution in [0.25, 0.3) is 0 Å². The van der Waals surface area contributed by atoms with Crippen LogP contribution in [0.2, 0.25) is 0 Å². The van der Waals surface area contributed by atoms with Crippen molar-refractivity contribution >= 4 is 6.03 Å². The Balaban J connectivity index is 2.55. The maximum Gasteiger partial charge on any atom is 0.317 e. The third-order valence-corrected chi connectivity index (χ3v) is 2.52. The summed E-state index contributed by atoms with van der Waals surface area (Å²) in [5.74, 6) is 0. The number of carbonyl (C=O) groups is 1. The largest absolute Gasteiger partial charge is 0.389 e. The molecule has 0 saturated heterocycles. The molecule has 0 aliphatic carbocycles. The van der Waals surface area contributed by atoms with Gasteiger partial charge in [-0.25, -0.2) is 4.79 Å². The van der Waals surface area contributed by atoms with Crippen LogP contribution < -0.4 is 5.32 Å². The molecule has 1 atom stereocenters. The Kier molecular flexibility index (Phi) is 4.67. The molecule has 2 amide bonds. The van der Waals surface area contributed by atoms with Gasteiger partial charge in [0.1, 0.15) is 0 Å². The lowest BCUT2D eigenvalue weighted by atomic mass is 10.1. The van der Waals surface area contributed by atoms with Crippen LogP contribution in [-0.2, 0) is 0 Å². The summed E-state index contributed by atoms with van der Waals surface area (Å²) in [4.78, 5) is 17.3. The van der Waals surface area contributed by atoms with E-state index in [-0.39, 0.29) is 18.6 Å². The quantitative estimate of drug-likeness (QED) is 0.853. The van der Waals surface area contributed by atoms with Crippen LogP contribution in [0.1, 0.15) is 32.4 Å². The third kappa shape index (κ3) is 4.71. The van der Waals surface area contributed by atoms with Crippen molar-refractivity contribution in [2.24, 2.45) is 0 Å². The van der Waals surface area contributed by atoms with Gasteiger partial charge in [0.25, 0.3) is 0 Å². The number of hydrogen-bond acceptors (Lipinski definition) is 3. The van der Waals surface area contributed by atoms with E-state index in [1.807, 2.05) is 19.1 Å². The average molecular weight is 251 g/mol. The van der Waals surface area contributed by atoms with Gasteiger partial charge in [0, 0.05) is 19.4 Å². The summed E-state index contributed by atoms with van der Waals surface area (Å²) in [5, 5.41) is 12.5. The Bertz CT molecular complexity index is 387. The summed E-state index contributed by atoms with van der Waals surface area (Å²) in [6, 6.07) is 3.42. The molecule has 5 nitrogen and oxygen atoms in total. The molecule has 2 N–H and O–H groups in total. The third-order valence-electron chi connectivity index (χ3n) is 2.52. The predicted molar refractivity (Wildman–Crippen MR) is 70.1 cm³/mol. The van der Waals surface area contributed by atoms with Crippen molar-refractivity contribution < 1.29 is 9.90 Å². The van der Waals surface area contributed by atoms with Crippen LogP contribution >= 0.6 is 0 Å². The van der Waals surface area contributed by atoms with Gasteiger partial charge >= 0.3 is 6.03 Å². The predicted octanol–water partition coefficient (Wildman–Crippen LogP) is 1.55. The molecule has 0 bridgehead atoms. The molecule has 0 fully saturated rings. The summed E-state index contributed by atoms with van der Waals surface area (Å²) in [6.07, 6.45) is 3.39. The van der Waals surface area contributed by atoms with Crippen molar-refractivity contribution in [2.45, 2.75) is 32.4 Å². The molecule has 0 aliphatic heterocycles. The van der Waals surface area contributed by atoms with E-state index in [0.29, 0.717) is 0 Å². The lowest BCUT2D eigenvalue weighted by Crippen LogP contribution is -2.45. The maximum atomic E-state index is 11.9. The van der Waals surface area contributed by atoms with Crippen LogP contribution in [0.4, 0.5) is 4.79 Å². The summed E-state index contributed by atoms with van der Waals surface area (Å²) < 4.78 is 0. The molecule has 1 aromatic heterocycles. The lowest BCUT2D eigenvalue weighted by Gasteiger charge is -2.27. The second-order valence-corrected chi connectivity index (χ2v) is 5.12. The number of pyridine rings is 1. The first-order valence-electron chi connectivity index (χ1n) is 5.93. The SMILES string of the molecule is CC(NC(=O)N(C)CC(C)(C)O)c1ccncc1. The lowest BCUT2D eigenvalue weighted by molar-refractivity contribution is 0.0528. The van der Waals surface area contributed by atoms with E-state index in [4.69, 9.17) is 0 Å². The summed E-state index contributed by atoms with van der Waals surface area (Å²) in [5.41, 5.74) is 0.0985. The van der Waals surface area contributed by atoms with Gasteiger partial charge in [-0.05, 0) is 38.5 Å². The van der Waals surface area contributed by atoms with Crippen molar-refractivity contribution in [3.05, 3.63) is 30.1 Å². The summed E-state index contributed by atoms with van der Waals surface area (Å²) in [6.45, 7) is 5.53. The van der Waals surface area contributed by atoms with E-state index in [2.05, 4.69) is 10.3 Å². The van der Waals surface area contributed by atoms with Crippen LogP contribution in [-0.4, -0.2) is 40.2 Å². The Morgan fingerprint density at radius 3 is 2.56 bits per heavy atom. The minimum Gasteiger partial charge on any atom is -0.389 e. The first kappa shape index (κ1) is 14.4. The minimum absolute atomic E-state index is 0.0928. The number of nitrogens with zero attached hydrogens (tertiary/aromatic N) is 2. The van der Waals surface area contributed by atoms with Gasteiger partial charge in [-0.3, -0.25) is 4.98 Å². The van der Waals surface area contributed by atoms with Crippen molar-refractivity contribution in [2.75, 3.05) is 13.6 Å². The molecule has 0 aromatic carbocycles. The molecular weight excluding hydrogens is 230 g/mol. The Hall–Kier alpha value is -1.62. The van der Waals surface area contributed by atoms with Gasteiger partial charge in [0.05, 0.1) is 18.2 Å². The van der Waals surface area contributed by atoms with Crippen LogP contribution in [0.5, 0.6) is 0 Å². The van der Waals surface area contributed by atoms with E-state index >= 15 is 0 Å². The topological polar surface area (TPSA) is 65.5 Å².